The number of aromatic nitrogens is 1. The monoisotopic (exact) mass is 465 g/mol. The number of amides is 1. The van der Waals surface area contributed by atoms with Gasteiger partial charge in [-0.05, 0) is 45.3 Å². The third-order valence-electron chi connectivity index (χ3n) is 4.78. The fourth-order valence-electron chi connectivity index (χ4n) is 3.25. The second-order valence-electron chi connectivity index (χ2n) is 7.26. The number of nitrogens with zero attached hydrogens (tertiary/aromatic N) is 3. The van der Waals surface area contributed by atoms with Crippen molar-refractivity contribution in [2.75, 3.05) is 53.4 Å². The Morgan fingerprint density at radius 1 is 1.00 bits per heavy atom. The van der Waals surface area contributed by atoms with Gasteiger partial charge in [0, 0.05) is 18.2 Å². The first-order chi connectivity index (χ1) is 15.3. The second kappa shape index (κ2) is 10.1. The predicted molar refractivity (Wildman–Crippen MR) is 120 cm³/mol. The van der Waals surface area contributed by atoms with E-state index in [2.05, 4.69) is 4.98 Å². The van der Waals surface area contributed by atoms with Gasteiger partial charge in [-0.25, -0.2) is 13.8 Å². The summed E-state index contributed by atoms with van der Waals surface area (Å²) in [6.45, 7) is 1.06. The van der Waals surface area contributed by atoms with Crippen LogP contribution in [0.15, 0.2) is 24.3 Å². The number of carbonyl (C=O) groups is 1. The van der Waals surface area contributed by atoms with E-state index in [0.717, 1.165) is 23.9 Å². The summed E-state index contributed by atoms with van der Waals surface area (Å²) in [7, 11) is 8.27. The lowest BCUT2D eigenvalue weighted by Gasteiger charge is -2.22. The zero-order valence-electron chi connectivity index (χ0n) is 18.6. The molecule has 0 bridgehead atoms. The Morgan fingerprint density at radius 3 is 2.22 bits per heavy atom. The molecule has 2 aromatic carbocycles. The van der Waals surface area contributed by atoms with Crippen LogP contribution in [0.4, 0.5) is 13.9 Å². The van der Waals surface area contributed by atoms with E-state index in [0.29, 0.717) is 34.9 Å². The molecule has 0 radical (unpaired) electrons. The highest BCUT2D eigenvalue weighted by Gasteiger charge is 2.25. The molecule has 7 nitrogen and oxygen atoms in total. The number of hydrogen-bond acceptors (Lipinski definition) is 7. The first kappa shape index (κ1) is 23.7. The largest absolute Gasteiger partial charge is 0.493 e. The Hall–Kier alpha value is -2.98. The van der Waals surface area contributed by atoms with E-state index in [1.807, 2.05) is 19.0 Å². The van der Waals surface area contributed by atoms with Crippen LogP contribution in [0.3, 0.4) is 0 Å². The first-order valence-electron chi connectivity index (χ1n) is 9.81. The molecule has 172 valence electrons. The van der Waals surface area contributed by atoms with Crippen LogP contribution >= 0.6 is 11.3 Å². The van der Waals surface area contributed by atoms with Gasteiger partial charge in [0.15, 0.2) is 22.4 Å². The average molecular weight is 466 g/mol. The maximum Gasteiger partial charge on any atom is 0.260 e. The molecule has 0 N–H and O–H groups in total. The smallest absolute Gasteiger partial charge is 0.260 e. The summed E-state index contributed by atoms with van der Waals surface area (Å²) in [5, 5.41) is 0.280. The molecule has 3 rings (SSSR count). The van der Waals surface area contributed by atoms with Crippen LogP contribution in [-0.2, 0) is 0 Å². The fourth-order valence-corrected chi connectivity index (χ4v) is 4.28. The molecular weight excluding hydrogens is 440 g/mol. The number of anilines is 1. The number of rotatable bonds is 9. The molecule has 1 aromatic heterocycles. The molecule has 0 aliphatic carbocycles. The number of thiazole rings is 1. The van der Waals surface area contributed by atoms with Gasteiger partial charge in [-0.1, -0.05) is 11.3 Å². The van der Waals surface area contributed by atoms with Crippen molar-refractivity contribution in [3.8, 4) is 17.2 Å². The average Bonchev–Trinajstić information content (AvgIpc) is 3.18. The second-order valence-corrected chi connectivity index (χ2v) is 8.27. The summed E-state index contributed by atoms with van der Waals surface area (Å²) in [5.74, 6) is -0.802. The van der Waals surface area contributed by atoms with Gasteiger partial charge in [0.25, 0.3) is 5.91 Å². The highest BCUT2D eigenvalue weighted by Crippen LogP contribution is 2.39. The minimum atomic E-state index is -0.768. The third-order valence-corrected chi connectivity index (χ3v) is 5.80. The van der Waals surface area contributed by atoms with Crippen molar-refractivity contribution in [1.82, 2.24) is 9.88 Å². The maximum atomic E-state index is 14.2. The summed E-state index contributed by atoms with van der Waals surface area (Å²) in [4.78, 5) is 21.3. The zero-order valence-corrected chi connectivity index (χ0v) is 19.4. The SMILES string of the molecule is COc1cc(C(=O)N(CCCN(C)C)c2nc3c(F)cc(F)cc3s2)cc(OC)c1OC. The van der Waals surface area contributed by atoms with E-state index in [9.17, 15) is 13.6 Å². The zero-order chi connectivity index (χ0) is 23.4. The lowest BCUT2D eigenvalue weighted by molar-refractivity contribution is 0.0985. The molecule has 1 heterocycles. The summed E-state index contributed by atoms with van der Waals surface area (Å²) in [6, 6.07) is 5.09. The molecule has 0 saturated heterocycles. The molecular formula is C22H25F2N3O4S. The van der Waals surface area contributed by atoms with Crippen LogP contribution in [0.5, 0.6) is 17.2 Å². The molecule has 0 aliphatic heterocycles. The number of carbonyl (C=O) groups excluding carboxylic acids is 1. The highest BCUT2D eigenvalue weighted by molar-refractivity contribution is 7.22. The molecule has 3 aromatic rings. The van der Waals surface area contributed by atoms with Crippen LogP contribution in [0.25, 0.3) is 10.2 Å². The van der Waals surface area contributed by atoms with Crippen molar-refractivity contribution < 1.29 is 27.8 Å². The molecule has 0 unspecified atom stereocenters. The Labute approximate surface area is 189 Å². The van der Waals surface area contributed by atoms with E-state index < -0.39 is 11.6 Å². The summed E-state index contributed by atoms with van der Waals surface area (Å²) >= 11 is 1.06. The van der Waals surface area contributed by atoms with Crippen molar-refractivity contribution in [2.24, 2.45) is 0 Å². The van der Waals surface area contributed by atoms with Crippen LogP contribution in [-0.4, -0.2) is 64.3 Å². The molecule has 1 amide bonds. The van der Waals surface area contributed by atoms with E-state index >= 15 is 0 Å². The van der Waals surface area contributed by atoms with Gasteiger partial charge in [0.1, 0.15) is 11.3 Å². The van der Waals surface area contributed by atoms with Crippen molar-refractivity contribution in [2.45, 2.75) is 6.42 Å². The van der Waals surface area contributed by atoms with Crippen molar-refractivity contribution in [3.05, 3.63) is 41.5 Å². The Balaban J connectivity index is 2.06. The Kier molecular flexibility index (Phi) is 7.47. The van der Waals surface area contributed by atoms with Crippen molar-refractivity contribution in [1.29, 1.82) is 0 Å². The molecule has 0 atom stereocenters. The van der Waals surface area contributed by atoms with Crippen molar-refractivity contribution >= 4 is 32.6 Å². The third kappa shape index (κ3) is 4.91. The van der Waals surface area contributed by atoms with E-state index in [-0.39, 0.29) is 22.1 Å². The van der Waals surface area contributed by atoms with Crippen LogP contribution in [0, 0.1) is 11.6 Å². The number of methoxy groups -OCH3 is 3. The predicted octanol–water partition coefficient (Wildman–Crippen LogP) is 4.20. The van der Waals surface area contributed by atoms with Gasteiger partial charge < -0.3 is 19.1 Å². The standard InChI is InChI=1S/C22H25F2N3O4S/c1-26(2)7-6-8-27(22-25-19-15(24)11-14(23)12-18(19)32-22)21(28)13-9-16(29-3)20(31-5)17(10-13)30-4/h9-12H,6-8H2,1-5H3. The number of ether oxygens (including phenoxy) is 3. The van der Waals surface area contributed by atoms with Gasteiger partial charge >= 0.3 is 0 Å². The summed E-state index contributed by atoms with van der Waals surface area (Å²) in [5.41, 5.74) is 0.317. The van der Waals surface area contributed by atoms with Crippen LogP contribution < -0.4 is 19.1 Å². The van der Waals surface area contributed by atoms with Gasteiger partial charge in [0.2, 0.25) is 5.75 Å². The molecule has 0 aliphatic rings. The van der Waals surface area contributed by atoms with Crippen molar-refractivity contribution in [3.63, 3.8) is 0 Å². The van der Waals surface area contributed by atoms with E-state index in [1.54, 1.807) is 12.1 Å². The number of hydrogen-bond donors (Lipinski definition) is 0. The Bertz CT molecular complexity index is 1090. The van der Waals surface area contributed by atoms with Gasteiger partial charge in [0.05, 0.1) is 26.0 Å². The maximum absolute atomic E-state index is 14.2. The van der Waals surface area contributed by atoms with Gasteiger partial charge in [-0.2, -0.15) is 0 Å². The number of halogens is 2. The van der Waals surface area contributed by atoms with E-state index in [4.69, 9.17) is 14.2 Å². The highest BCUT2D eigenvalue weighted by atomic mass is 32.1. The molecule has 10 heteroatoms. The molecule has 0 spiro atoms. The molecule has 32 heavy (non-hydrogen) atoms. The number of fused-ring (bicyclic) bond motifs is 1. The molecule has 0 fully saturated rings. The molecule has 0 saturated carbocycles. The van der Waals surface area contributed by atoms with Gasteiger partial charge in [-0.15, -0.1) is 0 Å². The fraction of sp³-hybridized carbons (Fsp3) is 0.364. The lowest BCUT2D eigenvalue weighted by Crippen LogP contribution is -2.33. The topological polar surface area (TPSA) is 64.1 Å². The van der Waals surface area contributed by atoms with Gasteiger partial charge in [-0.3, -0.25) is 9.69 Å². The number of benzene rings is 2. The quantitative estimate of drug-likeness (QED) is 0.472. The van der Waals surface area contributed by atoms with Crippen LogP contribution in [0.2, 0.25) is 0 Å². The minimum absolute atomic E-state index is 0.0294. The normalized spacial score (nSPS) is 11.1. The van der Waals surface area contributed by atoms with Crippen LogP contribution in [0.1, 0.15) is 16.8 Å². The lowest BCUT2D eigenvalue weighted by atomic mass is 10.1. The Morgan fingerprint density at radius 2 is 1.66 bits per heavy atom. The summed E-state index contributed by atoms with van der Waals surface area (Å²) in [6.07, 6.45) is 0.649. The summed E-state index contributed by atoms with van der Waals surface area (Å²) < 4.78 is 44.3. The van der Waals surface area contributed by atoms with E-state index in [1.165, 1.54) is 32.3 Å². The minimum Gasteiger partial charge on any atom is -0.493 e. The first-order valence-corrected chi connectivity index (χ1v) is 10.6.